The molecule has 0 bridgehead atoms. The average molecular weight is 423 g/mol. The van der Waals surface area contributed by atoms with E-state index in [1.165, 1.54) is 17.2 Å². The monoisotopic (exact) mass is 422 g/mol. The Labute approximate surface area is 172 Å². The Morgan fingerprint density at radius 2 is 2.03 bits per heavy atom. The molecule has 2 aromatic rings. The number of nitrogens with one attached hydrogen (secondary N) is 2. The highest BCUT2D eigenvalue weighted by atomic mass is 35.5. The number of likely N-dealkylation sites (tertiary alicyclic amines) is 1. The molecule has 0 saturated carbocycles. The number of hydrogen-bond acceptors (Lipinski definition) is 6. The Hall–Kier alpha value is -2.94. The van der Waals surface area contributed by atoms with Crippen molar-refractivity contribution in [2.24, 2.45) is 0 Å². The lowest BCUT2D eigenvalue weighted by Crippen LogP contribution is -2.60. The van der Waals surface area contributed by atoms with Gasteiger partial charge in [-0.2, -0.15) is 0 Å². The van der Waals surface area contributed by atoms with Gasteiger partial charge in [0.05, 0.1) is 24.5 Å². The summed E-state index contributed by atoms with van der Waals surface area (Å²) in [6.07, 6.45) is 0.407. The molecule has 1 fully saturated rings. The molecule has 0 radical (unpaired) electrons. The Balaban J connectivity index is 1.60. The lowest BCUT2D eigenvalue weighted by molar-refractivity contribution is 0.0742. The van der Waals surface area contributed by atoms with Crippen LogP contribution in [0.25, 0.3) is 0 Å². The van der Waals surface area contributed by atoms with Crippen molar-refractivity contribution in [1.82, 2.24) is 15.2 Å². The predicted octanol–water partition coefficient (Wildman–Crippen LogP) is 3.04. The summed E-state index contributed by atoms with van der Waals surface area (Å²) in [5.41, 5.74) is 1.18. The number of phenolic OH excluding ortho intramolecular Hbond substituents is 1. The van der Waals surface area contributed by atoms with Crippen LogP contribution >= 0.6 is 11.6 Å². The molecule has 4 N–H and O–H groups in total. The van der Waals surface area contributed by atoms with E-state index < -0.39 is 12.0 Å². The number of amides is 2. The lowest BCUT2D eigenvalue weighted by atomic mass is 9.86. The number of anilines is 1. The molecule has 156 valence electrons. The summed E-state index contributed by atoms with van der Waals surface area (Å²) in [7, 11) is 0. The third-order valence-electron chi connectivity index (χ3n) is 4.58. The van der Waals surface area contributed by atoms with Gasteiger partial charge in [0, 0.05) is 24.2 Å². The number of oxazole rings is 1. The highest BCUT2D eigenvalue weighted by Crippen LogP contribution is 2.37. The third-order valence-corrected chi connectivity index (χ3v) is 4.89. The van der Waals surface area contributed by atoms with Gasteiger partial charge in [-0.1, -0.05) is 32.4 Å². The minimum Gasteiger partial charge on any atom is -0.506 e. The molecule has 1 aliphatic heterocycles. The Morgan fingerprint density at radius 1 is 1.34 bits per heavy atom. The fraction of sp³-hybridized carbons (Fsp3) is 0.421. The lowest BCUT2D eigenvalue weighted by Gasteiger charge is -2.36. The number of aromatic hydroxyl groups is 1. The van der Waals surface area contributed by atoms with Gasteiger partial charge < -0.3 is 30.2 Å². The van der Waals surface area contributed by atoms with Crippen molar-refractivity contribution in [3.8, 4) is 5.75 Å². The fourth-order valence-corrected chi connectivity index (χ4v) is 3.37. The van der Waals surface area contributed by atoms with Crippen LogP contribution in [0.15, 0.2) is 22.7 Å². The minimum atomic E-state index is -1.01. The first-order chi connectivity index (χ1) is 13.5. The van der Waals surface area contributed by atoms with Crippen LogP contribution < -0.4 is 10.6 Å². The number of carbonyl (C=O) groups excluding carboxylic acids is 1. The van der Waals surface area contributed by atoms with E-state index in [2.05, 4.69) is 15.6 Å². The summed E-state index contributed by atoms with van der Waals surface area (Å²) in [5.74, 6) is -0.196. The standard InChI is InChI=1S/C19H23ClN4O5/c1-19(2,3)12-4-14(15(25)5-13(12)20)21-6-11-7-22-17(29-11)16(26)23-10-8-24(9-10)18(27)28/h4-5,7,10,21,25H,6,8-9H2,1-3H3,(H,23,26)(H,27,28). The number of aromatic nitrogens is 1. The van der Waals surface area contributed by atoms with Crippen molar-refractivity contribution in [3.63, 3.8) is 0 Å². The van der Waals surface area contributed by atoms with Crippen LogP contribution in [0.5, 0.6) is 5.75 Å². The first-order valence-corrected chi connectivity index (χ1v) is 9.42. The maximum atomic E-state index is 12.2. The maximum Gasteiger partial charge on any atom is 0.407 e. The van der Waals surface area contributed by atoms with Gasteiger partial charge in [-0.05, 0) is 17.0 Å². The number of rotatable bonds is 5. The van der Waals surface area contributed by atoms with Crippen LogP contribution in [0.1, 0.15) is 42.8 Å². The van der Waals surface area contributed by atoms with Crippen LogP contribution in [0.3, 0.4) is 0 Å². The predicted molar refractivity (Wildman–Crippen MR) is 106 cm³/mol. The van der Waals surface area contributed by atoms with E-state index in [1.54, 1.807) is 6.07 Å². The normalized spacial score (nSPS) is 14.4. The van der Waals surface area contributed by atoms with Crippen molar-refractivity contribution in [3.05, 3.63) is 40.6 Å². The fourth-order valence-electron chi connectivity index (χ4n) is 2.93. The SMILES string of the molecule is CC(C)(C)c1cc(NCc2cnc(C(=O)NC3CN(C(=O)O)C3)o2)c(O)cc1Cl. The molecule has 0 spiro atoms. The molecule has 10 heteroatoms. The Kier molecular flexibility index (Phi) is 5.61. The van der Waals surface area contributed by atoms with Gasteiger partial charge in [-0.25, -0.2) is 9.78 Å². The quantitative estimate of drug-likeness (QED) is 0.545. The highest BCUT2D eigenvalue weighted by molar-refractivity contribution is 6.31. The number of phenols is 1. The molecule has 1 aliphatic rings. The van der Waals surface area contributed by atoms with E-state index >= 15 is 0 Å². The molecule has 0 atom stereocenters. The molecular weight excluding hydrogens is 400 g/mol. The van der Waals surface area contributed by atoms with E-state index in [9.17, 15) is 14.7 Å². The zero-order chi connectivity index (χ0) is 21.3. The molecule has 9 nitrogen and oxygen atoms in total. The summed E-state index contributed by atoms with van der Waals surface area (Å²) in [6.45, 7) is 6.75. The topological polar surface area (TPSA) is 128 Å². The van der Waals surface area contributed by atoms with Crippen LogP contribution in [0.4, 0.5) is 10.5 Å². The molecule has 1 saturated heterocycles. The van der Waals surface area contributed by atoms with Gasteiger partial charge in [-0.15, -0.1) is 0 Å². The number of halogens is 1. The van der Waals surface area contributed by atoms with Gasteiger partial charge in [0.1, 0.15) is 11.5 Å². The minimum absolute atomic E-state index is 0.00782. The second-order valence-electron chi connectivity index (χ2n) is 7.94. The van der Waals surface area contributed by atoms with Crippen LogP contribution in [0.2, 0.25) is 5.02 Å². The van der Waals surface area contributed by atoms with Crippen molar-refractivity contribution in [2.75, 3.05) is 18.4 Å². The molecule has 2 heterocycles. The molecule has 1 aromatic carbocycles. The Morgan fingerprint density at radius 3 is 2.66 bits per heavy atom. The van der Waals surface area contributed by atoms with E-state index in [4.69, 9.17) is 21.1 Å². The van der Waals surface area contributed by atoms with Crippen LogP contribution in [-0.4, -0.2) is 51.2 Å². The number of benzene rings is 1. The number of nitrogens with zero attached hydrogens (tertiary/aromatic N) is 2. The number of carbonyl (C=O) groups is 2. The van der Waals surface area contributed by atoms with E-state index in [0.717, 1.165) is 5.56 Å². The summed E-state index contributed by atoms with van der Waals surface area (Å²) >= 11 is 6.23. The van der Waals surface area contributed by atoms with E-state index in [0.29, 0.717) is 16.5 Å². The number of carboxylic acid groups (broad SMARTS) is 1. The van der Waals surface area contributed by atoms with Gasteiger partial charge in [0.25, 0.3) is 5.89 Å². The maximum absolute atomic E-state index is 12.2. The second-order valence-corrected chi connectivity index (χ2v) is 8.35. The van der Waals surface area contributed by atoms with Gasteiger partial charge >= 0.3 is 12.0 Å². The Bertz CT molecular complexity index is 931. The van der Waals surface area contributed by atoms with Crippen LogP contribution in [-0.2, 0) is 12.0 Å². The van der Waals surface area contributed by atoms with E-state index in [-0.39, 0.29) is 42.7 Å². The van der Waals surface area contributed by atoms with Crippen molar-refractivity contribution >= 4 is 29.3 Å². The molecule has 1 aromatic heterocycles. The zero-order valence-electron chi connectivity index (χ0n) is 16.3. The smallest absolute Gasteiger partial charge is 0.407 e. The van der Waals surface area contributed by atoms with Gasteiger partial charge in [0.15, 0.2) is 0 Å². The molecule has 2 amide bonds. The highest BCUT2D eigenvalue weighted by Gasteiger charge is 2.32. The van der Waals surface area contributed by atoms with Gasteiger partial charge in [-0.3, -0.25) is 4.79 Å². The molecule has 0 aliphatic carbocycles. The number of hydrogen-bond donors (Lipinski definition) is 4. The first kappa shape index (κ1) is 20.8. The van der Waals surface area contributed by atoms with Crippen molar-refractivity contribution < 1.29 is 24.2 Å². The molecule has 0 unspecified atom stereocenters. The molecular formula is C19H23ClN4O5. The van der Waals surface area contributed by atoms with E-state index in [1.807, 2.05) is 20.8 Å². The van der Waals surface area contributed by atoms with Gasteiger partial charge in [0.2, 0.25) is 0 Å². The van der Waals surface area contributed by atoms with Crippen molar-refractivity contribution in [2.45, 2.75) is 38.8 Å². The zero-order valence-corrected chi connectivity index (χ0v) is 17.1. The summed E-state index contributed by atoms with van der Waals surface area (Å²) < 4.78 is 5.45. The average Bonchev–Trinajstić information content (AvgIpc) is 3.04. The third kappa shape index (κ3) is 4.73. The van der Waals surface area contributed by atoms with Crippen LogP contribution in [0, 0.1) is 0 Å². The molecule has 3 rings (SSSR count). The van der Waals surface area contributed by atoms with Crippen molar-refractivity contribution in [1.29, 1.82) is 0 Å². The largest absolute Gasteiger partial charge is 0.506 e. The first-order valence-electron chi connectivity index (χ1n) is 9.05. The second kappa shape index (κ2) is 7.82. The molecule has 29 heavy (non-hydrogen) atoms. The summed E-state index contributed by atoms with van der Waals surface area (Å²) in [5, 5.41) is 25.2. The summed E-state index contributed by atoms with van der Waals surface area (Å²) in [6, 6.07) is 3.02. The summed E-state index contributed by atoms with van der Waals surface area (Å²) in [4.78, 5) is 28.0.